The van der Waals surface area contributed by atoms with Crippen LogP contribution in [0, 0.1) is 0 Å². The van der Waals surface area contributed by atoms with Crippen molar-refractivity contribution in [1.82, 2.24) is 5.32 Å². The van der Waals surface area contributed by atoms with Gasteiger partial charge in [0.15, 0.2) is 0 Å². The summed E-state index contributed by atoms with van der Waals surface area (Å²) in [6, 6.07) is 19.0. The number of nitrogens with one attached hydrogen (secondary N) is 1. The molecule has 0 aromatic heterocycles. The Morgan fingerprint density at radius 2 is 1.86 bits per heavy atom. The Morgan fingerprint density at radius 1 is 1.14 bits per heavy atom. The van der Waals surface area contributed by atoms with Crippen LogP contribution in [0.4, 0.5) is 5.69 Å². The molecule has 3 nitrogen and oxygen atoms in total. The van der Waals surface area contributed by atoms with Crippen molar-refractivity contribution in [2.75, 3.05) is 18.0 Å². The van der Waals surface area contributed by atoms with E-state index in [0.717, 1.165) is 12.8 Å². The minimum Gasteiger partial charge on any atom is -0.359 e. The third-order valence-corrected chi connectivity index (χ3v) is 4.24. The second-order valence-electron chi connectivity index (χ2n) is 5.90. The van der Waals surface area contributed by atoms with Gasteiger partial charge in [0, 0.05) is 18.3 Å². The highest BCUT2D eigenvalue weighted by atomic mass is 16.2. The Balaban J connectivity index is 1.52. The molecular weight excluding hydrogens is 272 g/mol. The topological polar surface area (TPSA) is 32.3 Å². The number of para-hydroxylation sites is 1. The summed E-state index contributed by atoms with van der Waals surface area (Å²) >= 11 is 0. The third kappa shape index (κ3) is 3.30. The number of hydrogen-bond acceptors (Lipinski definition) is 2. The predicted octanol–water partition coefficient (Wildman–Crippen LogP) is 2.80. The summed E-state index contributed by atoms with van der Waals surface area (Å²) in [6.07, 6.45) is 1.90. The Morgan fingerprint density at radius 3 is 2.68 bits per heavy atom. The van der Waals surface area contributed by atoms with Gasteiger partial charge in [0.1, 0.15) is 0 Å². The molecule has 114 valence electrons. The number of nitrogens with zero attached hydrogens (tertiary/aromatic N) is 1. The number of amides is 1. The lowest BCUT2D eigenvalue weighted by Gasteiger charge is -2.24. The molecule has 0 fully saturated rings. The molecule has 0 aliphatic carbocycles. The Bertz CT molecular complexity index is 639. The lowest BCUT2D eigenvalue weighted by molar-refractivity contribution is -0.119. The smallest absolute Gasteiger partial charge is 0.239 e. The maximum Gasteiger partial charge on any atom is 0.239 e. The van der Waals surface area contributed by atoms with E-state index < -0.39 is 0 Å². The Hall–Kier alpha value is -2.29. The molecule has 0 unspecified atom stereocenters. The van der Waals surface area contributed by atoms with Crippen LogP contribution < -0.4 is 10.2 Å². The molecule has 0 radical (unpaired) electrons. The number of carbonyl (C=O) groups is 1. The second-order valence-corrected chi connectivity index (χ2v) is 5.90. The van der Waals surface area contributed by atoms with Crippen LogP contribution in [-0.2, 0) is 17.6 Å². The van der Waals surface area contributed by atoms with Gasteiger partial charge in [-0.25, -0.2) is 0 Å². The summed E-state index contributed by atoms with van der Waals surface area (Å²) in [4.78, 5) is 14.4. The molecule has 2 aromatic rings. The van der Waals surface area contributed by atoms with Gasteiger partial charge in [-0.2, -0.15) is 0 Å². The first-order valence-corrected chi connectivity index (χ1v) is 7.89. The van der Waals surface area contributed by atoms with Crippen molar-refractivity contribution in [1.29, 1.82) is 0 Å². The molecule has 1 aliphatic rings. The van der Waals surface area contributed by atoms with Crippen LogP contribution in [0.3, 0.4) is 0 Å². The maximum atomic E-state index is 12.2. The summed E-state index contributed by atoms with van der Waals surface area (Å²) in [5.74, 6) is 0.0967. The quantitative estimate of drug-likeness (QED) is 0.919. The first-order chi connectivity index (χ1) is 10.7. The standard InChI is InChI=1S/C19H22N2O/c1-15-13-17-9-5-6-10-18(17)21(15)14-19(22)20-12-11-16-7-3-2-4-8-16/h2-10,15H,11-14H2,1H3,(H,20,22)/t15-/m0/s1. The third-order valence-electron chi connectivity index (χ3n) is 4.24. The van der Waals surface area contributed by atoms with Crippen molar-refractivity contribution in [2.45, 2.75) is 25.8 Å². The van der Waals surface area contributed by atoms with Gasteiger partial charge in [0.25, 0.3) is 0 Å². The van der Waals surface area contributed by atoms with Crippen molar-refractivity contribution in [3.05, 3.63) is 65.7 Å². The SMILES string of the molecule is C[C@H]1Cc2ccccc2N1CC(=O)NCCc1ccccc1. The normalized spacial score (nSPS) is 16.4. The van der Waals surface area contributed by atoms with Crippen molar-refractivity contribution >= 4 is 11.6 Å². The molecular formula is C19H22N2O. The molecule has 1 heterocycles. The monoisotopic (exact) mass is 294 g/mol. The van der Waals surface area contributed by atoms with E-state index in [-0.39, 0.29) is 5.91 Å². The molecule has 3 heteroatoms. The summed E-state index contributed by atoms with van der Waals surface area (Å²) in [7, 11) is 0. The average Bonchev–Trinajstić information content (AvgIpc) is 2.84. The predicted molar refractivity (Wildman–Crippen MR) is 90.1 cm³/mol. The van der Waals surface area contributed by atoms with Crippen LogP contribution in [0.2, 0.25) is 0 Å². The van der Waals surface area contributed by atoms with Gasteiger partial charge < -0.3 is 10.2 Å². The van der Waals surface area contributed by atoms with Gasteiger partial charge in [0.2, 0.25) is 5.91 Å². The van der Waals surface area contributed by atoms with E-state index in [4.69, 9.17) is 0 Å². The first kappa shape index (κ1) is 14.6. The number of fused-ring (bicyclic) bond motifs is 1. The van der Waals surface area contributed by atoms with Crippen LogP contribution in [0.1, 0.15) is 18.1 Å². The van der Waals surface area contributed by atoms with Gasteiger partial charge in [-0.05, 0) is 37.0 Å². The number of hydrogen-bond donors (Lipinski definition) is 1. The van der Waals surface area contributed by atoms with Gasteiger partial charge >= 0.3 is 0 Å². The molecule has 3 rings (SSSR count). The lowest BCUT2D eigenvalue weighted by atomic mass is 10.1. The zero-order valence-electron chi connectivity index (χ0n) is 13.0. The van der Waals surface area contributed by atoms with E-state index in [9.17, 15) is 4.79 Å². The second kappa shape index (κ2) is 6.65. The molecule has 0 saturated heterocycles. The summed E-state index contributed by atoms with van der Waals surface area (Å²) < 4.78 is 0. The summed E-state index contributed by atoms with van der Waals surface area (Å²) in [5, 5.41) is 3.03. The van der Waals surface area contributed by atoms with E-state index in [2.05, 4.69) is 47.5 Å². The number of rotatable bonds is 5. The minimum absolute atomic E-state index is 0.0967. The maximum absolute atomic E-state index is 12.2. The zero-order chi connectivity index (χ0) is 15.4. The largest absolute Gasteiger partial charge is 0.359 e. The van der Waals surface area contributed by atoms with Crippen LogP contribution in [0.5, 0.6) is 0 Å². The van der Waals surface area contributed by atoms with Crippen molar-refractivity contribution in [3.8, 4) is 0 Å². The Labute approximate surface area is 132 Å². The first-order valence-electron chi connectivity index (χ1n) is 7.89. The van der Waals surface area contributed by atoms with Crippen molar-refractivity contribution in [3.63, 3.8) is 0 Å². The zero-order valence-corrected chi connectivity index (χ0v) is 13.0. The molecule has 0 saturated carbocycles. The van der Waals surface area contributed by atoms with Crippen molar-refractivity contribution < 1.29 is 4.79 Å². The van der Waals surface area contributed by atoms with Crippen molar-refractivity contribution in [2.24, 2.45) is 0 Å². The fourth-order valence-corrected chi connectivity index (χ4v) is 3.07. The molecule has 1 N–H and O–H groups in total. The fourth-order valence-electron chi connectivity index (χ4n) is 3.07. The van der Waals surface area contributed by atoms with Gasteiger partial charge in [-0.3, -0.25) is 4.79 Å². The minimum atomic E-state index is 0.0967. The van der Waals surface area contributed by atoms with Crippen LogP contribution in [0.25, 0.3) is 0 Å². The van der Waals surface area contributed by atoms with E-state index in [1.807, 2.05) is 24.3 Å². The average molecular weight is 294 g/mol. The molecule has 2 aromatic carbocycles. The molecule has 22 heavy (non-hydrogen) atoms. The number of benzene rings is 2. The molecule has 1 atom stereocenters. The lowest BCUT2D eigenvalue weighted by Crippen LogP contribution is -2.40. The molecule has 1 amide bonds. The highest BCUT2D eigenvalue weighted by molar-refractivity contribution is 5.82. The highest BCUT2D eigenvalue weighted by Crippen LogP contribution is 2.31. The van der Waals surface area contributed by atoms with Gasteiger partial charge in [-0.1, -0.05) is 48.5 Å². The van der Waals surface area contributed by atoms with Crippen LogP contribution in [-0.4, -0.2) is 25.0 Å². The van der Waals surface area contributed by atoms with Crippen LogP contribution in [0.15, 0.2) is 54.6 Å². The fraction of sp³-hybridized carbons (Fsp3) is 0.316. The number of carbonyl (C=O) groups excluding carboxylic acids is 1. The van der Waals surface area contributed by atoms with E-state index in [1.165, 1.54) is 16.8 Å². The summed E-state index contributed by atoms with van der Waals surface area (Å²) in [6.45, 7) is 3.30. The molecule has 0 bridgehead atoms. The van der Waals surface area contributed by atoms with Gasteiger partial charge in [0.05, 0.1) is 6.54 Å². The van der Waals surface area contributed by atoms with E-state index in [1.54, 1.807) is 0 Å². The van der Waals surface area contributed by atoms with Gasteiger partial charge in [-0.15, -0.1) is 0 Å². The molecule has 1 aliphatic heterocycles. The van der Waals surface area contributed by atoms with E-state index >= 15 is 0 Å². The number of anilines is 1. The van der Waals surface area contributed by atoms with E-state index in [0.29, 0.717) is 19.1 Å². The highest BCUT2D eigenvalue weighted by Gasteiger charge is 2.26. The Kier molecular flexibility index (Phi) is 4.42. The summed E-state index contributed by atoms with van der Waals surface area (Å²) in [5.41, 5.74) is 3.79. The molecule has 0 spiro atoms. The van der Waals surface area contributed by atoms with Crippen LogP contribution >= 0.6 is 0 Å².